The predicted molar refractivity (Wildman–Crippen MR) is 278 cm³/mol. The summed E-state index contributed by atoms with van der Waals surface area (Å²) < 4.78 is 0. The molecule has 0 fully saturated rings. The van der Waals surface area contributed by atoms with Crippen molar-refractivity contribution < 1.29 is 28.8 Å². The number of unbranched alkanes of at least 4 members (excludes halogenated alkanes) is 56. The predicted octanol–water partition coefficient (Wildman–Crippen LogP) is 18.4. The standard InChI is InChI=1S/C60H120O2.Li/c1-2-3-4-5-6-7-8-9-10-11-12-13-14-15-16-17-18-19-20-21-22-23-24-25-26-27-28-29-30-31-32-33-34-35-36-37-38-39-40-41-42-43-44-45-46-47-48-49-50-51-52-53-54-55-56-57-58-59-60(61)62;/h2-59H2,1H3,(H,61,62);/q;+1/p-1. The van der Waals surface area contributed by atoms with Gasteiger partial charge in [-0.15, -0.1) is 0 Å². The van der Waals surface area contributed by atoms with Crippen molar-refractivity contribution in [1.82, 2.24) is 0 Å². The van der Waals surface area contributed by atoms with E-state index in [2.05, 4.69) is 6.92 Å². The average molecular weight is 880 g/mol. The molecule has 0 saturated carbocycles. The van der Waals surface area contributed by atoms with Crippen LogP contribution in [0.25, 0.3) is 0 Å². The Kier molecular flexibility index (Phi) is 64.2. The van der Waals surface area contributed by atoms with Crippen molar-refractivity contribution in [2.45, 2.75) is 379 Å². The number of hydrogen-bond acceptors (Lipinski definition) is 2. The number of carbonyl (C=O) groups is 1. The van der Waals surface area contributed by atoms with Crippen LogP contribution in [0.2, 0.25) is 0 Å². The second-order valence-corrected chi connectivity index (χ2v) is 20.9. The summed E-state index contributed by atoms with van der Waals surface area (Å²) in [7, 11) is 0. The largest absolute Gasteiger partial charge is 1.00 e. The van der Waals surface area contributed by atoms with E-state index < -0.39 is 5.97 Å². The van der Waals surface area contributed by atoms with Gasteiger partial charge in [0.25, 0.3) is 0 Å². The Balaban J connectivity index is 0. The summed E-state index contributed by atoms with van der Waals surface area (Å²) in [5.41, 5.74) is 0. The van der Waals surface area contributed by atoms with Crippen molar-refractivity contribution in [2.24, 2.45) is 0 Å². The monoisotopic (exact) mass is 879 g/mol. The minimum atomic E-state index is -0.895. The van der Waals surface area contributed by atoms with E-state index in [4.69, 9.17) is 0 Å². The van der Waals surface area contributed by atoms with Gasteiger partial charge in [0.2, 0.25) is 0 Å². The van der Waals surface area contributed by atoms with Crippen molar-refractivity contribution in [3.8, 4) is 0 Å². The van der Waals surface area contributed by atoms with Crippen molar-refractivity contribution in [2.75, 3.05) is 0 Å². The van der Waals surface area contributed by atoms with Crippen molar-refractivity contribution in [3.63, 3.8) is 0 Å². The summed E-state index contributed by atoms with van der Waals surface area (Å²) in [5.74, 6) is -0.895. The van der Waals surface area contributed by atoms with Crippen LogP contribution in [0.5, 0.6) is 0 Å². The molecule has 0 spiro atoms. The summed E-state index contributed by atoms with van der Waals surface area (Å²) in [6.45, 7) is 2.31. The first-order valence-electron chi connectivity index (χ1n) is 30.0. The number of carboxylic acids is 1. The quantitative estimate of drug-likeness (QED) is 0.0451. The van der Waals surface area contributed by atoms with Gasteiger partial charge in [0.15, 0.2) is 0 Å². The van der Waals surface area contributed by atoms with E-state index in [0.29, 0.717) is 0 Å². The Bertz CT molecular complexity index is 784. The first-order valence-corrected chi connectivity index (χ1v) is 30.0. The zero-order valence-electron chi connectivity index (χ0n) is 44.3. The Morgan fingerprint density at radius 1 is 0.206 bits per heavy atom. The minimum Gasteiger partial charge on any atom is -0.550 e. The van der Waals surface area contributed by atoms with Crippen LogP contribution in [0.1, 0.15) is 379 Å². The van der Waals surface area contributed by atoms with Crippen molar-refractivity contribution in [1.29, 1.82) is 0 Å². The molecule has 0 aliphatic rings. The molecule has 3 heteroatoms. The van der Waals surface area contributed by atoms with Gasteiger partial charge >= 0.3 is 18.9 Å². The van der Waals surface area contributed by atoms with Crippen molar-refractivity contribution in [3.05, 3.63) is 0 Å². The van der Waals surface area contributed by atoms with Gasteiger partial charge in [0, 0.05) is 5.97 Å². The number of rotatable bonds is 58. The molecule has 0 unspecified atom stereocenters. The van der Waals surface area contributed by atoms with Crippen LogP contribution < -0.4 is 24.0 Å². The molecule has 0 heterocycles. The normalized spacial score (nSPS) is 11.4. The SMILES string of the molecule is CCCCCCCCCCCCCCCCCCCCCCCCCCCCCCCCCCCCCCCCCCCCCCCCCCCCCCCCCCCC(=O)[O-].[Li+]. The Hall–Kier alpha value is 0.0674. The Morgan fingerprint density at radius 2 is 0.302 bits per heavy atom. The van der Waals surface area contributed by atoms with E-state index in [9.17, 15) is 9.90 Å². The first kappa shape index (κ1) is 65.1. The van der Waals surface area contributed by atoms with Gasteiger partial charge in [-0.1, -0.05) is 366 Å². The second kappa shape index (κ2) is 62.1. The molecule has 0 rings (SSSR count). The van der Waals surface area contributed by atoms with E-state index in [1.165, 1.54) is 353 Å². The Morgan fingerprint density at radius 3 is 0.397 bits per heavy atom. The number of aliphatic carboxylic acids is 1. The average Bonchev–Trinajstić information content (AvgIpc) is 3.27. The summed E-state index contributed by atoms with van der Waals surface area (Å²) in [6.07, 6.45) is 82.4. The van der Waals surface area contributed by atoms with E-state index in [0.717, 1.165) is 12.8 Å². The van der Waals surface area contributed by atoms with Crippen LogP contribution in [0, 0.1) is 0 Å². The molecule has 0 aromatic carbocycles. The van der Waals surface area contributed by atoms with Crippen LogP contribution >= 0.6 is 0 Å². The zero-order valence-corrected chi connectivity index (χ0v) is 44.3. The zero-order chi connectivity index (χ0) is 44.6. The molecule has 0 atom stereocenters. The van der Waals surface area contributed by atoms with Gasteiger partial charge in [0.05, 0.1) is 0 Å². The molecule has 0 saturated heterocycles. The maximum Gasteiger partial charge on any atom is 1.00 e. The summed E-state index contributed by atoms with van der Waals surface area (Å²) in [4.78, 5) is 10.4. The molecule has 2 nitrogen and oxygen atoms in total. The molecule has 0 bridgehead atoms. The molecule has 372 valence electrons. The number of carbonyl (C=O) groups excluding carboxylic acids is 1. The number of carboxylic acid groups (broad SMARTS) is 1. The first-order chi connectivity index (χ1) is 30.8. The van der Waals surface area contributed by atoms with E-state index in [1.807, 2.05) is 0 Å². The van der Waals surface area contributed by atoms with Gasteiger partial charge in [-0.05, 0) is 12.8 Å². The van der Waals surface area contributed by atoms with Gasteiger partial charge in [-0.3, -0.25) is 0 Å². The summed E-state index contributed by atoms with van der Waals surface area (Å²) in [6, 6.07) is 0. The molecule has 63 heavy (non-hydrogen) atoms. The maximum absolute atomic E-state index is 10.4. The van der Waals surface area contributed by atoms with Crippen LogP contribution in [0.3, 0.4) is 0 Å². The van der Waals surface area contributed by atoms with Gasteiger partial charge in [-0.2, -0.15) is 0 Å². The third kappa shape index (κ3) is 64.2. The third-order valence-electron chi connectivity index (χ3n) is 14.5. The maximum atomic E-state index is 10.4. The van der Waals surface area contributed by atoms with Crippen LogP contribution in [0.15, 0.2) is 0 Å². The van der Waals surface area contributed by atoms with Crippen molar-refractivity contribution >= 4 is 5.97 Å². The topological polar surface area (TPSA) is 40.1 Å². The van der Waals surface area contributed by atoms with Gasteiger partial charge in [-0.25, -0.2) is 0 Å². The molecule has 0 amide bonds. The van der Waals surface area contributed by atoms with E-state index in [-0.39, 0.29) is 25.3 Å². The Labute approximate surface area is 412 Å². The molecule has 0 radical (unpaired) electrons. The van der Waals surface area contributed by atoms with Crippen LogP contribution in [-0.4, -0.2) is 5.97 Å². The van der Waals surface area contributed by atoms with E-state index in [1.54, 1.807) is 0 Å². The fraction of sp³-hybridized carbons (Fsp3) is 0.983. The molecule has 0 aromatic heterocycles. The van der Waals surface area contributed by atoms with Crippen LogP contribution in [-0.2, 0) is 4.79 Å². The summed E-state index contributed by atoms with van der Waals surface area (Å²) >= 11 is 0. The van der Waals surface area contributed by atoms with Gasteiger partial charge < -0.3 is 9.90 Å². The molecule has 0 aromatic rings. The molecular weight excluding hydrogens is 760 g/mol. The fourth-order valence-corrected chi connectivity index (χ4v) is 10.1. The number of hydrogen-bond donors (Lipinski definition) is 0. The second-order valence-electron chi connectivity index (χ2n) is 20.9. The minimum absolute atomic E-state index is 0. The molecule has 0 aliphatic carbocycles. The van der Waals surface area contributed by atoms with E-state index >= 15 is 0 Å². The van der Waals surface area contributed by atoms with Gasteiger partial charge in [0.1, 0.15) is 0 Å². The molecular formula is C60H119LiO2. The molecule has 0 N–H and O–H groups in total. The summed E-state index contributed by atoms with van der Waals surface area (Å²) in [5, 5.41) is 10.4. The smallest absolute Gasteiger partial charge is 0.550 e. The third-order valence-corrected chi connectivity index (χ3v) is 14.5. The fourth-order valence-electron chi connectivity index (χ4n) is 10.1. The molecule has 0 aliphatic heterocycles. The van der Waals surface area contributed by atoms with Crippen LogP contribution in [0.4, 0.5) is 0 Å².